The van der Waals surface area contributed by atoms with E-state index in [2.05, 4.69) is 4.72 Å². The van der Waals surface area contributed by atoms with Crippen LogP contribution in [0.1, 0.15) is 43.2 Å². The SMILES string of the molecule is Cc1ccc(S(=O)(=O)NCC2(N)CCCCC2)cc1C.Cl. The number of aryl methyl sites for hydroxylation is 2. The molecule has 1 aliphatic carbocycles. The van der Waals surface area contributed by atoms with Gasteiger partial charge in [-0.25, -0.2) is 13.1 Å². The van der Waals surface area contributed by atoms with Gasteiger partial charge in [-0.1, -0.05) is 25.3 Å². The zero-order valence-corrected chi connectivity index (χ0v) is 14.3. The Hall–Kier alpha value is -0.620. The highest BCUT2D eigenvalue weighted by atomic mass is 35.5. The fourth-order valence-electron chi connectivity index (χ4n) is 2.64. The van der Waals surface area contributed by atoms with E-state index >= 15 is 0 Å². The van der Waals surface area contributed by atoms with Crippen LogP contribution in [0.3, 0.4) is 0 Å². The van der Waals surface area contributed by atoms with Gasteiger partial charge in [-0.3, -0.25) is 0 Å². The molecule has 1 saturated carbocycles. The third-order valence-electron chi connectivity index (χ3n) is 4.25. The van der Waals surface area contributed by atoms with Crippen molar-refractivity contribution in [2.24, 2.45) is 5.73 Å². The second-order valence-corrected chi connectivity index (χ2v) is 7.76. The van der Waals surface area contributed by atoms with E-state index < -0.39 is 10.0 Å². The maximum atomic E-state index is 12.3. The molecular formula is C15H25ClN2O2S. The van der Waals surface area contributed by atoms with E-state index in [1.807, 2.05) is 19.9 Å². The Kier molecular flexibility index (Phi) is 6.23. The van der Waals surface area contributed by atoms with Gasteiger partial charge in [0.1, 0.15) is 0 Å². The second kappa shape index (κ2) is 7.09. The van der Waals surface area contributed by atoms with Crippen molar-refractivity contribution in [2.45, 2.75) is 56.4 Å². The molecule has 21 heavy (non-hydrogen) atoms. The maximum Gasteiger partial charge on any atom is 0.240 e. The highest BCUT2D eigenvalue weighted by Crippen LogP contribution is 2.25. The van der Waals surface area contributed by atoms with Crippen molar-refractivity contribution in [3.05, 3.63) is 29.3 Å². The molecule has 0 bridgehead atoms. The average Bonchev–Trinajstić information content (AvgIpc) is 2.41. The molecule has 1 aliphatic rings. The lowest BCUT2D eigenvalue weighted by Crippen LogP contribution is -2.51. The number of nitrogens with one attached hydrogen (secondary N) is 1. The van der Waals surface area contributed by atoms with Crippen molar-refractivity contribution in [3.63, 3.8) is 0 Å². The molecule has 0 aliphatic heterocycles. The van der Waals surface area contributed by atoms with E-state index in [0.717, 1.165) is 36.8 Å². The first kappa shape index (κ1) is 18.4. The lowest BCUT2D eigenvalue weighted by molar-refractivity contribution is 0.296. The minimum absolute atomic E-state index is 0. The Bertz CT molecular complexity index is 581. The van der Waals surface area contributed by atoms with Crippen molar-refractivity contribution in [1.82, 2.24) is 4.72 Å². The Morgan fingerprint density at radius 1 is 1.14 bits per heavy atom. The van der Waals surface area contributed by atoms with Gasteiger partial charge in [0.15, 0.2) is 0 Å². The zero-order valence-electron chi connectivity index (χ0n) is 12.7. The van der Waals surface area contributed by atoms with E-state index in [-0.39, 0.29) is 17.9 Å². The van der Waals surface area contributed by atoms with Gasteiger partial charge in [0, 0.05) is 12.1 Å². The number of sulfonamides is 1. The predicted molar refractivity (Wildman–Crippen MR) is 88.4 cm³/mol. The molecule has 6 heteroatoms. The van der Waals surface area contributed by atoms with Crippen LogP contribution >= 0.6 is 12.4 Å². The van der Waals surface area contributed by atoms with Crippen molar-refractivity contribution < 1.29 is 8.42 Å². The van der Waals surface area contributed by atoms with Gasteiger partial charge in [0.2, 0.25) is 10.0 Å². The molecule has 0 radical (unpaired) electrons. The first-order chi connectivity index (χ1) is 9.32. The number of halogens is 1. The Balaban J connectivity index is 0.00000220. The molecule has 0 amide bonds. The summed E-state index contributed by atoms with van der Waals surface area (Å²) in [7, 11) is -3.47. The average molecular weight is 333 g/mol. The van der Waals surface area contributed by atoms with E-state index in [0.29, 0.717) is 11.4 Å². The van der Waals surface area contributed by atoms with E-state index in [9.17, 15) is 8.42 Å². The number of nitrogens with two attached hydrogens (primary N) is 1. The standard InChI is InChI=1S/C15H24N2O2S.ClH/c1-12-6-7-14(10-13(12)2)20(18,19)17-11-15(16)8-4-3-5-9-15;/h6-7,10,17H,3-5,8-9,11,16H2,1-2H3;1H. The van der Waals surface area contributed by atoms with Crippen molar-refractivity contribution in [3.8, 4) is 0 Å². The topological polar surface area (TPSA) is 72.2 Å². The molecule has 3 N–H and O–H groups in total. The van der Waals surface area contributed by atoms with Gasteiger partial charge in [-0.05, 0) is 49.9 Å². The Morgan fingerprint density at radius 3 is 2.33 bits per heavy atom. The van der Waals surface area contributed by atoms with E-state index in [4.69, 9.17) is 5.73 Å². The molecule has 0 unspecified atom stereocenters. The minimum Gasteiger partial charge on any atom is -0.324 e. The molecular weight excluding hydrogens is 308 g/mol. The number of hydrogen-bond acceptors (Lipinski definition) is 3. The lowest BCUT2D eigenvalue weighted by atomic mass is 9.83. The highest BCUT2D eigenvalue weighted by molar-refractivity contribution is 7.89. The first-order valence-corrected chi connectivity index (χ1v) is 8.67. The van der Waals surface area contributed by atoms with Crippen LogP contribution < -0.4 is 10.5 Å². The molecule has 0 aromatic heterocycles. The fourth-order valence-corrected chi connectivity index (χ4v) is 3.86. The van der Waals surface area contributed by atoms with E-state index in [1.54, 1.807) is 12.1 Å². The van der Waals surface area contributed by atoms with Gasteiger partial charge in [-0.2, -0.15) is 0 Å². The quantitative estimate of drug-likeness (QED) is 0.890. The smallest absolute Gasteiger partial charge is 0.240 e. The molecule has 1 aromatic rings. The van der Waals surface area contributed by atoms with Crippen LogP contribution in [0.2, 0.25) is 0 Å². The van der Waals surface area contributed by atoms with Crippen LogP contribution in [-0.4, -0.2) is 20.5 Å². The van der Waals surface area contributed by atoms with Crippen LogP contribution in [0, 0.1) is 13.8 Å². The van der Waals surface area contributed by atoms with Gasteiger partial charge in [-0.15, -0.1) is 12.4 Å². The monoisotopic (exact) mass is 332 g/mol. The Morgan fingerprint density at radius 2 is 1.76 bits per heavy atom. The highest BCUT2D eigenvalue weighted by Gasteiger charge is 2.29. The van der Waals surface area contributed by atoms with Crippen LogP contribution in [0.4, 0.5) is 0 Å². The largest absolute Gasteiger partial charge is 0.324 e. The number of benzene rings is 1. The normalized spacial score (nSPS) is 18.0. The van der Waals surface area contributed by atoms with Crippen molar-refractivity contribution in [1.29, 1.82) is 0 Å². The van der Waals surface area contributed by atoms with Crippen LogP contribution in [0.25, 0.3) is 0 Å². The minimum atomic E-state index is -3.47. The molecule has 1 fully saturated rings. The van der Waals surface area contributed by atoms with Crippen LogP contribution in [-0.2, 0) is 10.0 Å². The lowest BCUT2D eigenvalue weighted by Gasteiger charge is -2.33. The molecule has 1 aromatic carbocycles. The van der Waals surface area contributed by atoms with Gasteiger partial charge in [0.05, 0.1) is 4.90 Å². The molecule has 2 rings (SSSR count). The second-order valence-electron chi connectivity index (χ2n) is 5.99. The van der Waals surface area contributed by atoms with Gasteiger partial charge >= 0.3 is 0 Å². The van der Waals surface area contributed by atoms with Gasteiger partial charge < -0.3 is 5.73 Å². The maximum absolute atomic E-state index is 12.3. The van der Waals surface area contributed by atoms with Crippen LogP contribution in [0.5, 0.6) is 0 Å². The fraction of sp³-hybridized carbons (Fsp3) is 0.600. The summed E-state index contributed by atoms with van der Waals surface area (Å²) in [5.74, 6) is 0. The van der Waals surface area contributed by atoms with Crippen molar-refractivity contribution >= 4 is 22.4 Å². The van der Waals surface area contributed by atoms with Crippen LogP contribution in [0.15, 0.2) is 23.1 Å². The van der Waals surface area contributed by atoms with Crippen molar-refractivity contribution in [2.75, 3.05) is 6.54 Å². The summed E-state index contributed by atoms with van der Waals surface area (Å²) in [6.07, 6.45) is 5.15. The third-order valence-corrected chi connectivity index (χ3v) is 5.65. The van der Waals surface area contributed by atoms with Gasteiger partial charge in [0.25, 0.3) is 0 Å². The molecule has 4 nitrogen and oxygen atoms in total. The van der Waals surface area contributed by atoms with E-state index in [1.165, 1.54) is 6.42 Å². The first-order valence-electron chi connectivity index (χ1n) is 7.18. The molecule has 0 saturated heterocycles. The summed E-state index contributed by atoms with van der Waals surface area (Å²) in [5.41, 5.74) is 7.96. The number of rotatable bonds is 4. The molecule has 120 valence electrons. The summed E-state index contributed by atoms with van der Waals surface area (Å²) in [6, 6.07) is 5.19. The molecule has 0 spiro atoms. The zero-order chi connectivity index (χ0) is 14.8. The summed E-state index contributed by atoms with van der Waals surface area (Å²) in [4.78, 5) is 0.319. The Labute approximate surface area is 134 Å². The third kappa shape index (κ3) is 4.68. The predicted octanol–water partition coefficient (Wildman–Crippen LogP) is 2.67. The summed E-state index contributed by atoms with van der Waals surface area (Å²) in [5, 5.41) is 0. The summed E-state index contributed by atoms with van der Waals surface area (Å²) >= 11 is 0. The molecule has 0 atom stereocenters. The molecule has 0 heterocycles. The number of hydrogen-bond donors (Lipinski definition) is 2. The summed E-state index contributed by atoms with van der Waals surface area (Å²) < 4.78 is 27.3. The summed E-state index contributed by atoms with van der Waals surface area (Å²) in [6.45, 7) is 4.21.